The Balaban J connectivity index is 1.38. The first-order valence-electron chi connectivity index (χ1n) is 10.5. The molecule has 3 aliphatic rings. The van der Waals surface area contributed by atoms with Gasteiger partial charge in [-0.05, 0) is 75.1 Å². The maximum absolute atomic E-state index is 13.0. The molecule has 1 unspecified atom stereocenters. The van der Waals surface area contributed by atoms with Crippen LogP contribution in [0.15, 0.2) is 24.3 Å². The monoisotopic (exact) mass is 369 g/mol. The fourth-order valence-corrected chi connectivity index (χ4v) is 4.50. The Morgan fingerprint density at radius 3 is 2.33 bits per heavy atom. The van der Waals surface area contributed by atoms with Crippen molar-refractivity contribution in [3.8, 4) is 0 Å². The van der Waals surface area contributed by atoms with Crippen LogP contribution >= 0.6 is 0 Å². The summed E-state index contributed by atoms with van der Waals surface area (Å²) in [6.45, 7) is 5.99. The van der Waals surface area contributed by atoms with E-state index in [9.17, 15) is 9.59 Å². The summed E-state index contributed by atoms with van der Waals surface area (Å²) in [6.07, 6.45) is 7.38. The second-order valence-corrected chi connectivity index (χ2v) is 8.63. The zero-order valence-electron chi connectivity index (χ0n) is 16.4. The van der Waals surface area contributed by atoms with Gasteiger partial charge in [0.2, 0.25) is 11.8 Å². The number of carbonyl (C=O) groups is 2. The molecule has 4 rings (SSSR count). The summed E-state index contributed by atoms with van der Waals surface area (Å²) in [5, 5.41) is 3.00. The molecule has 3 fully saturated rings. The molecule has 1 aromatic carbocycles. The molecular formula is C22H31N3O2. The molecule has 1 saturated carbocycles. The summed E-state index contributed by atoms with van der Waals surface area (Å²) >= 11 is 0. The molecule has 2 aliphatic heterocycles. The second kappa shape index (κ2) is 7.53. The quantitative estimate of drug-likeness (QED) is 0.824. The van der Waals surface area contributed by atoms with Crippen LogP contribution in [0.2, 0.25) is 0 Å². The molecule has 27 heavy (non-hydrogen) atoms. The molecule has 1 N–H and O–H groups in total. The van der Waals surface area contributed by atoms with Crippen LogP contribution in [0, 0.1) is 11.3 Å². The Kier molecular flexibility index (Phi) is 5.11. The number of hydrogen-bond acceptors (Lipinski definition) is 3. The topological polar surface area (TPSA) is 52.7 Å². The number of nitrogens with one attached hydrogen (secondary N) is 1. The molecule has 5 heteroatoms. The molecule has 2 saturated heterocycles. The summed E-state index contributed by atoms with van der Waals surface area (Å²) in [5.41, 5.74) is 1.18. The van der Waals surface area contributed by atoms with E-state index in [1.165, 1.54) is 31.4 Å². The van der Waals surface area contributed by atoms with Crippen molar-refractivity contribution in [1.82, 2.24) is 4.90 Å². The Morgan fingerprint density at radius 1 is 1.00 bits per heavy atom. The average molecular weight is 370 g/mol. The molecule has 5 nitrogen and oxygen atoms in total. The van der Waals surface area contributed by atoms with Gasteiger partial charge in [0.1, 0.15) is 5.41 Å². The van der Waals surface area contributed by atoms with Crippen molar-refractivity contribution < 1.29 is 9.59 Å². The molecule has 0 aromatic heterocycles. The van der Waals surface area contributed by atoms with Crippen LogP contribution in [0.25, 0.3) is 0 Å². The number of amides is 2. The van der Waals surface area contributed by atoms with Crippen LogP contribution in [0.1, 0.15) is 51.9 Å². The van der Waals surface area contributed by atoms with Crippen molar-refractivity contribution in [3.05, 3.63) is 24.3 Å². The minimum Gasteiger partial charge on any atom is -0.372 e. The third-order valence-electron chi connectivity index (χ3n) is 6.38. The maximum atomic E-state index is 13.0. The van der Waals surface area contributed by atoms with Crippen LogP contribution < -0.4 is 10.2 Å². The first kappa shape index (κ1) is 18.3. The van der Waals surface area contributed by atoms with Gasteiger partial charge in [0.05, 0.1) is 0 Å². The van der Waals surface area contributed by atoms with Gasteiger partial charge in [-0.3, -0.25) is 9.59 Å². The highest BCUT2D eigenvalue weighted by Crippen LogP contribution is 2.48. The summed E-state index contributed by atoms with van der Waals surface area (Å²) in [7, 11) is 0. The van der Waals surface area contributed by atoms with Gasteiger partial charge < -0.3 is 15.1 Å². The number of benzene rings is 1. The first-order chi connectivity index (χ1) is 13.1. The van der Waals surface area contributed by atoms with Crippen molar-refractivity contribution in [3.63, 3.8) is 0 Å². The highest BCUT2D eigenvalue weighted by molar-refractivity contribution is 6.13. The minimum absolute atomic E-state index is 0.0384. The average Bonchev–Trinajstić information content (AvgIpc) is 3.51. The van der Waals surface area contributed by atoms with E-state index in [4.69, 9.17) is 0 Å². The molecule has 0 spiro atoms. The largest absolute Gasteiger partial charge is 0.372 e. The predicted molar refractivity (Wildman–Crippen MR) is 108 cm³/mol. The number of piperidine rings is 2. The van der Waals surface area contributed by atoms with Crippen molar-refractivity contribution in [2.24, 2.45) is 11.3 Å². The Bertz CT molecular complexity index is 690. The fraction of sp³-hybridized carbons (Fsp3) is 0.636. The lowest BCUT2D eigenvalue weighted by atomic mass is 9.96. The van der Waals surface area contributed by atoms with Crippen LogP contribution in [0.3, 0.4) is 0 Å². The van der Waals surface area contributed by atoms with Crippen molar-refractivity contribution in [2.75, 3.05) is 36.4 Å². The normalized spacial score (nSPS) is 24.4. The van der Waals surface area contributed by atoms with E-state index in [0.29, 0.717) is 18.8 Å². The number of carbonyl (C=O) groups excluding carboxylic acids is 2. The smallest absolute Gasteiger partial charge is 0.240 e. The van der Waals surface area contributed by atoms with E-state index in [2.05, 4.69) is 29.3 Å². The van der Waals surface area contributed by atoms with Gasteiger partial charge in [0, 0.05) is 37.6 Å². The lowest BCUT2D eigenvalue weighted by Gasteiger charge is -2.33. The Hall–Kier alpha value is -2.04. The minimum atomic E-state index is -0.817. The third-order valence-corrected chi connectivity index (χ3v) is 6.38. The van der Waals surface area contributed by atoms with Crippen LogP contribution in [-0.4, -0.2) is 42.9 Å². The van der Waals surface area contributed by atoms with Crippen molar-refractivity contribution in [1.29, 1.82) is 0 Å². The Labute approximate surface area is 162 Å². The fourth-order valence-electron chi connectivity index (χ4n) is 4.50. The molecule has 2 amide bonds. The van der Waals surface area contributed by atoms with E-state index in [1.807, 2.05) is 17.0 Å². The summed E-state index contributed by atoms with van der Waals surface area (Å²) in [4.78, 5) is 30.2. The SMILES string of the molecule is CC1CCCN(C(=O)C2(C(=O)Nc3ccc(N4CCCCC4)cc3)CC2)C1. The predicted octanol–water partition coefficient (Wildman–Crippen LogP) is 3.65. The molecule has 1 atom stereocenters. The lowest BCUT2D eigenvalue weighted by molar-refractivity contribution is -0.143. The molecule has 2 heterocycles. The number of nitrogens with zero attached hydrogens (tertiary/aromatic N) is 2. The van der Waals surface area contributed by atoms with Crippen molar-refractivity contribution >= 4 is 23.2 Å². The Morgan fingerprint density at radius 2 is 1.70 bits per heavy atom. The van der Waals surface area contributed by atoms with Gasteiger partial charge in [0.25, 0.3) is 0 Å². The summed E-state index contributed by atoms with van der Waals surface area (Å²) < 4.78 is 0. The molecule has 1 aliphatic carbocycles. The molecular weight excluding hydrogens is 338 g/mol. The zero-order chi connectivity index (χ0) is 18.9. The number of rotatable bonds is 4. The van der Waals surface area contributed by atoms with Crippen molar-refractivity contribution in [2.45, 2.75) is 51.9 Å². The highest BCUT2D eigenvalue weighted by atomic mass is 16.2. The van der Waals surface area contributed by atoms with Gasteiger partial charge >= 0.3 is 0 Å². The van der Waals surface area contributed by atoms with E-state index >= 15 is 0 Å². The second-order valence-electron chi connectivity index (χ2n) is 8.63. The van der Waals surface area contributed by atoms with Crippen LogP contribution in [0.5, 0.6) is 0 Å². The number of anilines is 2. The standard InChI is InChI=1S/C22H31N3O2/c1-17-6-5-15-25(16-17)21(27)22(11-12-22)20(26)23-18-7-9-19(10-8-18)24-13-3-2-4-14-24/h7-10,17H,2-6,11-16H2,1H3,(H,23,26). The maximum Gasteiger partial charge on any atom is 0.240 e. The molecule has 1 aromatic rings. The molecule has 146 valence electrons. The van der Waals surface area contributed by atoms with E-state index in [0.717, 1.165) is 38.3 Å². The van der Waals surface area contributed by atoms with Gasteiger partial charge in [-0.1, -0.05) is 6.92 Å². The van der Waals surface area contributed by atoms with E-state index < -0.39 is 5.41 Å². The summed E-state index contributed by atoms with van der Waals surface area (Å²) in [5.74, 6) is 0.442. The van der Waals surface area contributed by atoms with Gasteiger partial charge in [0.15, 0.2) is 0 Å². The summed E-state index contributed by atoms with van der Waals surface area (Å²) in [6, 6.07) is 8.08. The zero-order valence-corrected chi connectivity index (χ0v) is 16.4. The third kappa shape index (κ3) is 3.83. The first-order valence-corrected chi connectivity index (χ1v) is 10.5. The molecule has 0 radical (unpaired) electrons. The number of likely N-dealkylation sites (tertiary alicyclic amines) is 1. The van der Waals surface area contributed by atoms with Gasteiger partial charge in [-0.2, -0.15) is 0 Å². The number of hydrogen-bond donors (Lipinski definition) is 1. The van der Waals surface area contributed by atoms with Crippen LogP contribution in [-0.2, 0) is 9.59 Å². The van der Waals surface area contributed by atoms with E-state index in [-0.39, 0.29) is 11.8 Å². The van der Waals surface area contributed by atoms with Crippen LogP contribution in [0.4, 0.5) is 11.4 Å². The van der Waals surface area contributed by atoms with Gasteiger partial charge in [-0.25, -0.2) is 0 Å². The molecule has 0 bridgehead atoms. The lowest BCUT2D eigenvalue weighted by Crippen LogP contribution is -2.46. The highest BCUT2D eigenvalue weighted by Gasteiger charge is 2.58. The van der Waals surface area contributed by atoms with Gasteiger partial charge in [-0.15, -0.1) is 0 Å². The van der Waals surface area contributed by atoms with E-state index in [1.54, 1.807) is 0 Å².